The fraction of sp³-hybridized carbons (Fsp3) is 0.400. The molecule has 2 heterocycles. The maximum atomic E-state index is 11.3. The summed E-state index contributed by atoms with van der Waals surface area (Å²) in [6.07, 6.45) is 2.07. The third kappa shape index (κ3) is 2.89. The molecule has 21 heavy (non-hydrogen) atoms. The van der Waals surface area contributed by atoms with Crippen molar-refractivity contribution < 1.29 is 9.32 Å². The summed E-state index contributed by atoms with van der Waals surface area (Å²) in [4.78, 5) is 15.7. The minimum Gasteiger partial charge on any atom is -0.374 e. The van der Waals surface area contributed by atoms with E-state index in [1.165, 1.54) is 0 Å². The molecule has 0 radical (unpaired) electrons. The molecule has 0 bridgehead atoms. The van der Waals surface area contributed by atoms with Gasteiger partial charge in [0.05, 0.1) is 0 Å². The lowest BCUT2D eigenvalue weighted by molar-refractivity contribution is -0.116. The molecule has 1 atom stereocenters. The number of nitrogens with one attached hydrogen (secondary N) is 2. The highest BCUT2D eigenvalue weighted by molar-refractivity contribution is 5.94. The van der Waals surface area contributed by atoms with Gasteiger partial charge in [-0.3, -0.25) is 4.79 Å². The lowest BCUT2D eigenvalue weighted by Gasteiger charge is -2.19. The van der Waals surface area contributed by atoms with Gasteiger partial charge in [-0.05, 0) is 37.1 Å². The highest BCUT2D eigenvalue weighted by Crippen LogP contribution is 2.27. The van der Waals surface area contributed by atoms with Gasteiger partial charge in [0.1, 0.15) is 6.04 Å². The lowest BCUT2D eigenvalue weighted by Crippen LogP contribution is -2.19. The Morgan fingerprint density at radius 2 is 2.29 bits per heavy atom. The number of carbonyl (C=O) groups excluding carboxylic acids is 1. The molecule has 2 N–H and O–H groups in total. The summed E-state index contributed by atoms with van der Waals surface area (Å²) in [5.74, 6) is 1.37. The van der Waals surface area contributed by atoms with Gasteiger partial charge in [-0.15, -0.1) is 0 Å². The molecular formula is C15H18N4O2. The first-order valence-electron chi connectivity index (χ1n) is 7.17. The van der Waals surface area contributed by atoms with E-state index < -0.39 is 0 Å². The molecule has 1 aliphatic heterocycles. The highest BCUT2D eigenvalue weighted by Gasteiger charge is 2.17. The number of nitrogens with zero attached hydrogens (tertiary/aromatic N) is 2. The molecular weight excluding hydrogens is 268 g/mol. The molecule has 0 aliphatic carbocycles. The van der Waals surface area contributed by atoms with Crippen LogP contribution in [0.3, 0.4) is 0 Å². The van der Waals surface area contributed by atoms with Crippen LogP contribution < -0.4 is 10.6 Å². The summed E-state index contributed by atoms with van der Waals surface area (Å²) in [6, 6.07) is 5.86. The number of benzene rings is 1. The Hall–Kier alpha value is -2.37. The fourth-order valence-corrected chi connectivity index (χ4v) is 2.37. The van der Waals surface area contributed by atoms with E-state index in [0.717, 1.165) is 29.8 Å². The fourth-order valence-electron chi connectivity index (χ4n) is 2.37. The van der Waals surface area contributed by atoms with Crippen molar-refractivity contribution in [3.05, 3.63) is 35.5 Å². The average Bonchev–Trinajstić information content (AvgIpc) is 2.96. The summed E-state index contributed by atoms with van der Waals surface area (Å²) < 4.78 is 5.24. The van der Waals surface area contributed by atoms with E-state index in [4.69, 9.17) is 4.52 Å². The van der Waals surface area contributed by atoms with Crippen molar-refractivity contribution in [2.45, 2.75) is 39.2 Å². The number of amides is 1. The molecule has 3 rings (SSSR count). The van der Waals surface area contributed by atoms with Crippen molar-refractivity contribution in [3.8, 4) is 0 Å². The normalized spacial score (nSPS) is 15.2. The van der Waals surface area contributed by atoms with Gasteiger partial charge >= 0.3 is 0 Å². The molecule has 0 spiro atoms. The van der Waals surface area contributed by atoms with Gasteiger partial charge in [-0.2, -0.15) is 4.98 Å². The van der Waals surface area contributed by atoms with E-state index in [1.807, 2.05) is 26.0 Å². The lowest BCUT2D eigenvalue weighted by atomic mass is 10.0. The summed E-state index contributed by atoms with van der Waals surface area (Å²) >= 11 is 0. The number of hydrogen-bond acceptors (Lipinski definition) is 5. The molecule has 6 heteroatoms. The maximum absolute atomic E-state index is 11.3. The van der Waals surface area contributed by atoms with E-state index in [-0.39, 0.29) is 11.9 Å². The van der Waals surface area contributed by atoms with Gasteiger partial charge in [0.25, 0.3) is 0 Å². The van der Waals surface area contributed by atoms with E-state index in [2.05, 4.69) is 26.8 Å². The number of aryl methyl sites for hydroxylation is 2. The van der Waals surface area contributed by atoms with Crippen molar-refractivity contribution in [2.75, 3.05) is 10.6 Å². The number of carbonyl (C=O) groups is 1. The predicted molar refractivity (Wildman–Crippen MR) is 79.1 cm³/mol. The molecule has 1 aliphatic rings. The number of fused-ring (bicyclic) bond motifs is 1. The number of anilines is 2. The molecule has 2 aromatic rings. The predicted octanol–water partition coefficient (Wildman–Crippen LogP) is 2.69. The second kappa shape index (κ2) is 5.55. The Labute approximate surface area is 122 Å². The van der Waals surface area contributed by atoms with Crippen LogP contribution in [0.25, 0.3) is 0 Å². The zero-order valence-corrected chi connectivity index (χ0v) is 12.1. The third-order valence-electron chi connectivity index (χ3n) is 3.55. The van der Waals surface area contributed by atoms with Crippen LogP contribution in [0.5, 0.6) is 0 Å². The van der Waals surface area contributed by atoms with E-state index in [1.54, 1.807) is 0 Å². The van der Waals surface area contributed by atoms with E-state index >= 15 is 0 Å². The first kappa shape index (κ1) is 13.6. The quantitative estimate of drug-likeness (QED) is 0.903. The van der Waals surface area contributed by atoms with E-state index in [9.17, 15) is 4.79 Å². The molecule has 1 aromatic carbocycles. The average molecular weight is 286 g/mol. The molecule has 1 aromatic heterocycles. The Morgan fingerprint density at radius 1 is 1.43 bits per heavy atom. The zero-order valence-electron chi connectivity index (χ0n) is 12.1. The van der Waals surface area contributed by atoms with Crippen LogP contribution in [0.15, 0.2) is 22.7 Å². The van der Waals surface area contributed by atoms with Crippen molar-refractivity contribution in [3.63, 3.8) is 0 Å². The van der Waals surface area contributed by atoms with Gasteiger partial charge in [-0.1, -0.05) is 12.1 Å². The molecule has 1 unspecified atom stereocenters. The molecule has 0 saturated carbocycles. The summed E-state index contributed by atoms with van der Waals surface area (Å²) in [5, 5.41) is 10.1. The SMILES string of the molecule is CCc1noc(C(C)Nc2ccc3c(c2)CCC(=O)N3)n1. The van der Waals surface area contributed by atoms with Crippen molar-refractivity contribution in [1.29, 1.82) is 0 Å². The smallest absolute Gasteiger partial charge is 0.248 e. The van der Waals surface area contributed by atoms with Crippen LogP contribution in [0.2, 0.25) is 0 Å². The maximum Gasteiger partial charge on any atom is 0.248 e. The topological polar surface area (TPSA) is 80.0 Å². The standard InChI is InChI=1S/C15H18N4O2/c1-3-13-18-15(21-19-13)9(2)16-11-5-6-12-10(8-11)4-7-14(20)17-12/h5-6,8-9,16H,3-4,7H2,1-2H3,(H,17,20). The Balaban J connectivity index is 1.74. The summed E-state index contributed by atoms with van der Waals surface area (Å²) in [6.45, 7) is 3.97. The number of rotatable bonds is 4. The first-order valence-corrected chi connectivity index (χ1v) is 7.17. The molecule has 1 amide bonds. The van der Waals surface area contributed by atoms with Gasteiger partial charge < -0.3 is 15.2 Å². The number of aromatic nitrogens is 2. The van der Waals surface area contributed by atoms with Crippen LogP contribution in [0.1, 0.15) is 43.6 Å². The van der Waals surface area contributed by atoms with Crippen LogP contribution in [0, 0.1) is 0 Å². The van der Waals surface area contributed by atoms with Crippen LogP contribution in [-0.4, -0.2) is 16.0 Å². The monoisotopic (exact) mass is 286 g/mol. The highest BCUT2D eigenvalue weighted by atomic mass is 16.5. The second-order valence-electron chi connectivity index (χ2n) is 5.19. The molecule has 110 valence electrons. The van der Waals surface area contributed by atoms with Crippen LogP contribution >= 0.6 is 0 Å². The Kier molecular flexibility index (Phi) is 3.60. The van der Waals surface area contributed by atoms with Crippen molar-refractivity contribution >= 4 is 17.3 Å². The van der Waals surface area contributed by atoms with Gasteiger partial charge in [0.15, 0.2) is 5.82 Å². The van der Waals surface area contributed by atoms with Crippen LogP contribution in [-0.2, 0) is 17.6 Å². The second-order valence-corrected chi connectivity index (χ2v) is 5.19. The summed E-state index contributed by atoms with van der Waals surface area (Å²) in [7, 11) is 0. The molecule has 0 fully saturated rings. The molecule has 6 nitrogen and oxygen atoms in total. The minimum absolute atomic E-state index is 0.0611. The number of hydrogen-bond donors (Lipinski definition) is 2. The Morgan fingerprint density at radius 3 is 3.05 bits per heavy atom. The van der Waals surface area contributed by atoms with Gasteiger partial charge in [0.2, 0.25) is 11.8 Å². The molecule has 0 saturated heterocycles. The van der Waals surface area contributed by atoms with Gasteiger partial charge in [-0.25, -0.2) is 0 Å². The van der Waals surface area contributed by atoms with Crippen molar-refractivity contribution in [2.24, 2.45) is 0 Å². The first-order chi connectivity index (χ1) is 10.2. The van der Waals surface area contributed by atoms with Crippen LogP contribution in [0.4, 0.5) is 11.4 Å². The van der Waals surface area contributed by atoms with E-state index in [0.29, 0.717) is 18.1 Å². The van der Waals surface area contributed by atoms with Crippen molar-refractivity contribution in [1.82, 2.24) is 10.1 Å². The summed E-state index contributed by atoms with van der Waals surface area (Å²) in [5.41, 5.74) is 3.02. The Bertz CT molecular complexity index is 665. The minimum atomic E-state index is -0.0611. The largest absolute Gasteiger partial charge is 0.374 e. The zero-order chi connectivity index (χ0) is 14.8. The third-order valence-corrected chi connectivity index (χ3v) is 3.55. The van der Waals surface area contributed by atoms with Gasteiger partial charge in [0, 0.05) is 24.2 Å².